The minimum Gasteiger partial charge on any atom is -0.340 e. The average Bonchev–Trinajstić information content (AvgIpc) is 2.45. The molecule has 0 aromatic carbocycles. The van der Waals surface area contributed by atoms with Gasteiger partial charge in [-0.3, -0.25) is 9.59 Å². The first-order valence-corrected chi connectivity index (χ1v) is 8.10. The first-order chi connectivity index (χ1) is 9.45. The Hall–Kier alpha value is -1.06. The van der Waals surface area contributed by atoms with Crippen molar-refractivity contribution in [3.05, 3.63) is 0 Å². The van der Waals surface area contributed by atoms with Gasteiger partial charge in [-0.05, 0) is 51.4 Å². The van der Waals surface area contributed by atoms with Crippen molar-refractivity contribution in [3.63, 3.8) is 0 Å². The van der Waals surface area contributed by atoms with Gasteiger partial charge >= 0.3 is 0 Å². The van der Waals surface area contributed by atoms with E-state index in [1.54, 1.807) is 0 Å². The minimum absolute atomic E-state index is 0.00641. The van der Waals surface area contributed by atoms with E-state index < -0.39 is 5.54 Å². The van der Waals surface area contributed by atoms with Gasteiger partial charge in [-0.1, -0.05) is 20.8 Å². The van der Waals surface area contributed by atoms with Crippen molar-refractivity contribution in [3.8, 4) is 0 Å². The van der Waals surface area contributed by atoms with E-state index >= 15 is 0 Å². The molecule has 2 rings (SSSR count). The second kappa shape index (κ2) is 5.74. The van der Waals surface area contributed by atoms with Gasteiger partial charge in [0.15, 0.2) is 0 Å². The molecule has 0 aromatic heterocycles. The maximum Gasteiger partial charge on any atom is 0.249 e. The van der Waals surface area contributed by atoms with Crippen LogP contribution in [0.2, 0.25) is 0 Å². The molecule has 1 N–H and O–H groups in total. The van der Waals surface area contributed by atoms with Crippen molar-refractivity contribution in [2.24, 2.45) is 5.92 Å². The van der Waals surface area contributed by atoms with E-state index in [0.29, 0.717) is 12.8 Å². The van der Waals surface area contributed by atoms with Crippen molar-refractivity contribution in [2.75, 3.05) is 0 Å². The third-order valence-corrected chi connectivity index (χ3v) is 5.39. The van der Waals surface area contributed by atoms with Crippen molar-refractivity contribution in [1.82, 2.24) is 10.2 Å². The Bertz CT molecular complexity index is 382. The van der Waals surface area contributed by atoms with E-state index in [4.69, 9.17) is 0 Å². The fourth-order valence-corrected chi connectivity index (χ4v) is 3.68. The third-order valence-electron chi connectivity index (χ3n) is 5.39. The topological polar surface area (TPSA) is 49.4 Å². The number of nitrogens with zero attached hydrogens (tertiary/aromatic N) is 1. The molecule has 1 aliphatic carbocycles. The Balaban J connectivity index is 2.24. The van der Waals surface area contributed by atoms with Crippen molar-refractivity contribution >= 4 is 11.8 Å². The van der Waals surface area contributed by atoms with Crippen LogP contribution in [0.15, 0.2) is 0 Å². The molecular weight excluding hydrogens is 252 g/mol. The maximum absolute atomic E-state index is 13.0. The van der Waals surface area contributed by atoms with Crippen LogP contribution in [0, 0.1) is 5.92 Å². The quantitative estimate of drug-likeness (QED) is 0.863. The van der Waals surface area contributed by atoms with Crippen LogP contribution < -0.4 is 5.32 Å². The summed E-state index contributed by atoms with van der Waals surface area (Å²) in [6, 6.07) is -0.0793. The van der Waals surface area contributed by atoms with Crippen molar-refractivity contribution in [2.45, 2.75) is 83.8 Å². The predicted octanol–water partition coefficient (Wildman–Crippen LogP) is 2.47. The van der Waals surface area contributed by atoms with Crippen LogP contribution in [0.3, 0.4) is 0 Å². The molecule has 0 aromatic rings. The van der Waals surface area contributed by atoms with E-state index in [1.165, 1.54) is 0 Å². The average molecular weight is 280 g/mol. The molecule has 0 spiro atoms. The van der Waals surface area contributed by atoms with Gasteiger partial charge in [0.2, 0.25) is 11.8 Å². The Morgan fingerprint density at radius 2 is 1.65 bits per heavy atom. The molecule has 1 saturated carbocycles. The summed E-state index contributed by atoms with van der Waals surface area (Å²) in [5.74, 6) is 0.887. The van der Waals surface area contributed by atoms with Gasteiger partial charge in [0.05, 0.1) is 0 Å². The zero-order valence-corrected chi connectivity index (χ0v) is 13.2. The van der Waals surface area contributed by atoms with Gasteiger partial charge < -0.3 is 10.2 Å². The van der Waals surface area contributed by atoms with Gasteiger partial charge in [-0.15, -0.1) is 0 Å². The SMILES string of the molecule is CCC1(CC)NC(=O)C(C)N(C2CCC(C)CC2)C1=O. The van der Waals surface area contributed by atoms with Crippen molar-refractivity contribution < 1.29 is 9.59 Å². The molecule has 2 fully saturated rings. The summed E-state index contributed by atoms with van der Waals surface area (Å²) in [6.07, 6.45) is 5.73. The Morgan fingerprint density at radius 3 is 2.15 bits per heavy atom. The highest BCUT2D eigenvalue weighted by molar-refractivity contribution is 5.99. The molecule has 1 saturated heterocycles. The third kappa shape index (κ3) is 2.45. The largest absolute Gasteiger partial charge is 0.340 e. The van der Waals surface area contributed by atoms with E-state index in [2.05, 4.69) is 12.2 Å². The first kappa shape index (κ1) is 15.3. The number of piperazine rings is 1. The summed E-state index contributed by atoms with van der Waals surface area (Å²) >= 11 is 0. The molecule has 1 heterocycles. The molecule has 20 heavy (non-hydrogen) atoms. The minimum atomic E-state index is -0.674. The number of amides is 2. The number of carbonyl (C=O) groups excluding carboxylic acids is 2. The lowest BCUT2D eigenvalue weighted by Crippen LogP contribution is -2.71. The lowest BCUT2D eigenvalue weighted by Gasteiger charge is -2.49. The second-order valence-corrected chi connectivity index (χ2v) is 6.58. The summed E-state index contributed by atoms with van der Waals surface area (Å²) in [5, 5.41) is 2.98. The Kier molecular flexibility index (Phi) is 4.40. The molecule has 1 atom stereocenters. The predicted molar refractivity (Wildman–Crippen MR) is 79.2 cm³/mol. The summed E-state index contributed by atoms with van der Waals surface area (Å²) in [7, 11) is 0. The van der Waals surface area contributed by atoms with E-state index in [1.807, 2.05) is 25.7 Å². The maximum atomic E-state index is 13.0. The molecule has 1 unspecified atom stereocenters. The Morgan fingerprint density at radius 1 is 1.10 bits per heavy atom. The highest BCUT2D eigenvalue weighted by atomic mass is 16.2. The van der Waals surface area contributed by atoms with Gasteiger partial charge in [-0.2, -0.15) is 0 Å². The van der Waals surface area contributed by atoms with Gasteiger partial charge in [0.25, 0.3) is 0 Å². The molecule has 4 heteroatoms. The van der Waals surface area contributed by atoms with Gasteiger partial charge in [0, 0.05) is 6.04 Å². The summed E-state index contributed by atoms with van der Waals surface area (Å²) in [5.41, 5.74) is -0.674. The molecule has 0 radical (unpaired) electrons. The van der Waals surface area contributed by atoms with E-state index in [9.17, 15) is 9.59 Å². The zero-order chi connectivity index (χ0) is 14.9. The number of rotatable bonds is 3. The number of hydrogen-bond acceptors (Lipinski definition) is 2. The smallest absolute Gasteiger partial charge is 0.249 e. The molecule has 1 aliphatic heterocycles. The highest BCUT2D eigenvalue weighted by Crippen LogP contribution is 2.33. The van der Waals surface area contributed by atoms with Crippen LogP contribution in [0.4, 0.5) is 0 Å². The normalized spacial score (nSPS) is 34.0. The summed E-state index contributed by atoms with van der Waals surface area (Å²) < 4.78 is 0. The van der Waals surface area contributed by atoms with Crippen molar-refractivity contribution in [1.29, 1.82) is 0 Å². The van der Waals surface area contributed by atoms with E-state index in [0.717, 1.165) is 31.6 Å². The standard InChI is InChI=1S/C16H28N2O2/c1-5-16(6-2)15(20)18(12(4)14(19)17-16)13-9-7-11(3)8-10-13/h11-13H,5-10H2,1-4H3,(H,17,19). The molecule has 0 bridgehead atoms. The van der Waals surface area contributed by atoms with Gasteiger partial charge in [-0.25, -0.2) is 0 Å². The van der Waals surface area contributed by atoms with Crippen LogP contribution in [0.25, 0.3) is 0 Å². The lowest BCUT2D eigenvalue weighted by atomic mass is 9.82. The van der Waals surface area contributed by atoms with Crippen LogP contribution in [0.5, 0.6) is 0 Å². The number of hydrogen-bond donors (Lipinski definition) is 1. The number of nitrogens with one attached hydrogen (secondary N) is 1. The summed E-state index contributed by atoms with van der Waals surface area (Å²) in [6.45, 7) is 8.10. The zero-order valence-electron chi connectivity index (χ0n) is 13.2. The summed E-state index contributed by atoms with van der Waals surface area (Å²) in [4.78, 5) is 27.1. The fraction of sp³-hybridized carbons (Fsp3) is 0.875. The molecular formula is C16H28N2O2. The van der Waals surface area contributed by atoms with Crippen LogP contribution in [-0.2, 0) is 9.59 Å². The first-order valence-electron chi connectivity index (χ1n) is 8.10. The van der Waals surface area contributed by atoms with Gasteiger partial charge in [0.1, 0.15) is 11.6 Å². The Labute approximate surface area is 122 Å². The number of carbonyl (C=O) groups is 2. The van der Waals surface area contributed by atoms with Crippen LogP contribution >= 0.6 is 0 Å². The van der Waals surface area contributed by atoms with Crippen LogP contribution in [-0.4, -0.2) is 34.3 Å². The monoisotopic (exact) mass is 280 g/mol. The van der Waals surface area contributed by atoms with E-state index in [-0.39, 0.29) is 23.9 Å². The molecule has 4 nitrogen and oxygen atoms in total. The molecule has 114 valence electrons. The molecule has 2 aliphatic rings. The molecule has 2 amide bonds. The second-order valence-electron chi connectivity index (χ2n) is 6.58. The lowest BCUT2D eigenvalue weighted by molar-refractivity contribution is -0.158. The highest BCUT2D eigenvalue weighted by Gasteiger charge is 2.49. The fourth-order valence-electron chi connectivity index (χ4n) is 3.68. The van der Waals surface area contributed by atoms with Crippen LogP contribution in [0.1, 0.15) is 66.2 Å².